The highest BCUT2D eigenvalue weighted by Crippen LogP contribution is 2.27. The van der Waals surface area contributed by atoms with Crippen molar-refractivity contribution in [3.63, 3.8) is 0 Å². The molecule has 1 heterocycles. The summed E-state index contributed by atoms with van der Waals surface area (Å²) in [7, 11) is -3.55. The van der Waals surface area contributed by atoms with Crippen LogP contribution < -0.4 is 10.1 Å². The van der Waals surface area contributed by atoms with Gasteiger partial charge in [-0.05, 0) is 50.5 Å². The molecule has 1 saturated heterocycles. The molecule has 7 heteroatoms. The molecule has 1 aliphatic rings. The Morgan fingerprint density at radius 3 is 2.64 bits per heavy atom. The van der Waals surface area contributed by atoms with Gasteiger partial charge >= 0.3 is 0 Å². The van der Waals surface area contributed by atoms with E-state index in [1.54, 1.807) is 24.3 Å². The van der Waals surface area contributed by atoms with E-state index in [1.807, 2.05) is 13.8 Å². The summed E-state index contributed by atoms with van der Waals surface area (Å²) in [6.45, 7) is 8.96. The van der Waals surface area contributed by atoms with Crippen molar-refractivity contribution < 1.29 is 17.9 Å². The number of hydrogen-bond donors (Lipinski definition) is 1. The van der Waals surface area contributed by atoms with Gasteiger partial charge in [-0.25, -0.2) is 8.42 Å². The second kappa shape index (κ2) is 8.49. The van der Waals surface area contributed by atoms with Crippen LogP contribution in [0.5, 0.6) is 5.75 Å². The van der Waals surface area contributed by atoms with E-state index in [0.29, 0.717) is 44.8 Å². The maximum Gasteiger partial charge on any atom is 0.243 e. The third-order valence-corrected chi connectivity index (χ3v) is 6.22. The molecule has 1 aromatic rings. The average molecular weight is 366 g/mol. The zero-order valence-electron chi connectivity index (χ0n) is 14.8. The smallest absolute Gasteiger partial charge is 0.243 e. The average Bonchev–Trinajstić information content (AvgIpc) is 2.61. The van der Waals surface area contributed by atoms with E-state index in [-0.39, 0.29) is 16.7 Å². The number of nitrogens with zero attached hydrogens (tertiary/aromatic N) is 1. The van der Waals surface area contributed by atoms with Gasteiger partial charge in [0, 0.05) is 25.6 Å². The van der Waals surface area contributed by atoms with Gasteiger partial charge in [0.2, 0.25) is 15.9 Å². The molecule has 0 atom stereocenters. The molecule has 25 heavy (non-hydrogen) atoms. The lowest BCUT2D eigenvalue weighted by Gasteiger charge is -2.30. The fourth-order valence-corrected chi connectivity index (χ4v) is 4.48. The fourth-order valence-electron chi connectivity index (χ4n) is 2.92. The first-order valence-electron chi connectivity index (χ1n) is 8.52. The number of hydrogen-bond acceptors (Lipinski definition) is 4. The van der Waals surface area contributed by atoms with Crippen LogP contribution in [0.3, 0.4) is 0 Å². The Hall–Kier alpha value is -1.86. The van der Waals surface area contributed by atoms with Crippen LogP contribution in [0.25, 0.3) is 0 Å². The van der Waals surface area contributed by atoms with Crippen molar-refractivity contribution in [3.05, 3.63) is 36.4 Å². The molecule has 1 aliphatic heterocycles. The molecular formula is C18H26N2O4S. The van der Waals surface area contributed by atoms with Gasteiger partial charge in [0.1, 0.15) is 5.75 Å². The zero-order chi connectivity index (χ0) is 18.4. The summed E-state index contributed by atoms with van der Waals surface area (Å²) in [4.78, 5) is 12.3. The molecule has 0 bridgehead atoms. The van der Waals surface area contributed by atoms with Gasteiger partial charge in [0.15, 0.2) is 0 Å². The molecule has 1 fully saturated rings. The van der Waals surface area contributed by atoms with Crippen LogP contribution in [0.4, 0.5) is 0 Å². The van der Waals surface area contributed by atoms with Gasteiger partial charge < -0.3 is 10.1 Å². The van der Waals surface area contributed by atoms with Crippen molar-refractivity contribution >= 4 is 15.9 Å². The van der Waals surface area contributed by atoms with Crippen LogP contribution in [0.2, 0.25) is 0 Å². The predicted octanol–water partition coefficient (Wildman–Crippen LogP) is 2.10. The highest BCUT2D eigenvalue weighted by Gasteiger charge is 2.32. The second-order valence-electron chi connectivity index (χ2n) is 6.07. The lowest BCUT2D eigenvalue weighted by atomic mass is 9.97. The molecule has 2 rings (SSSR count). The summed E-state index contributed by atoms with van der Waals surface area (Å²) in [5, 5.41) is 2.77. The molecule has 138 valence electrons. The quantitative estimate of drug-likeness (QED) is 0.750. The van der Waals surface area contributed by atoms with Gasteiger partial charge in [-0.2, -0.15) is 4.31 Å². The number of amides is 1. The third kappa shape index (κ3) is 4.61. The Labute approximate surface area is 149 Å². The minimum Gasteiger partial charge on any atom is -0.494 e. The molecular weight excluding hydrogens is 340 g/mol. The number of benzene rings is 1. The first-order valence-corrected chi connectivity index (χ1v) is 9.96. The van der Waals surface area contributed by atoms with Gasteiger partial charge in [-0.3, -0.25) is 4.79 Å². The van der Waals surface area contributed by atoms with Gasteiger partial charge in [0.05, 0.1) is 11.5 Å². The van der Waals surface area contributed by atoms with E-state index in [0.717, 1.165) is 5.56 Å². The maximum atomic E-state index is 12.8. The van der Waals surface area contributed by atoms with Crippen LogP contribution in [0.15, 0.2) is 35.7 Å². The number of nitrogens with one attached hydrogen (secondary N) is 1. The molecule has 0 aliphatic carbocycles. The van der Waals surface area contributed by atoms with E-state index >= 15 is 0 Å². The summed E-state index contributed by atoms with van der Waals surface area (Å²) in [5.74, 6) is 0.515. The number of rotatable bonds is 7. The fraction of sp³-hybridized carbons (Fsp3) is 0.500. The topological polar surface area (TPSA) is 75.7 Å². The molecule has 0 saturated carbocycles. The number of carbonyl (C=O) groups excluding carboxylic acids is 1. The molecule has 0 radical (unpaired) electrons. The van der Waals surface area contributed by atoms with Gasteiger partial charge in [-0.15, -0.1) is 6.58 Å². The Balaban J connectivity index is 2.05. The summed E-state index contributed by atoms with van der Waals surface area (Å²) < 4.78 is 32.6. The van der Waals surface area contributed by atoms with Gasteiger partial charge in [-0.1, -0.05) is 6.08 Å². The summed E-state index contributed by atoms with van der Waals surface area (Å²) in [6.07, 6.45) is 2.68. The first kappa shape index (κ1) is 19.5. The number of carbonyl (C=O) groups is 1. The minimum absolute atomic E-state index is 0.0335. The second-order valence-corrected chi connectivity index (χ2v) is 8.01. The van der Waals surface area contributed by atoms with E-state index in [2.05, 4.69) is 11.9 Å². The highest BCUT2D eigenvalue weighted by molar-refractivity contribution is 7.89. The van der Waals surface area contributed by atoms with Crippen LogP contribution >= 0.6 is 0 Å². The standard InChI is InChI=1S/C18H26N2O4S/c1-4-10-19-18(21)15-8-11-20(12-9-15)25(22,23)16-6-7-17(24-5-2)14(3)13-16/h4,6-7,13,15H,1,5,8-12H2,2-3H3,(H,19,21). The van der Waals surface area contributed by atoms with E-state index in [4.69, 9.17) is 4.74 Å². The minimum atomic E-state index is -3.55. The van der Waals surface area contributed by atoms with E-state index in [1.165, 1.54) is 4.31 Å². The van der Waals surface area contributed by atoms with Crippen molar-refractivity contribution in [3.8, 4) is 5.75 Å². The maximum absolute atomic E-state index is 12.8. The lowest BCUT2D eigenvalue weighted by molar-refractivity contribution is -0.125. The molecule has 1 N–H and O–H groups in total. The van der Waals surface area contributed by atoms with Crippen LogP contribution in [-0.2, 0) is 14.8 Å². The van der Waals surface area contributed by atoms with Gasteiger partial charge in [0.25, 0.3) is 0 Å². The summed E-state index contributed by atoms with van der Waals surface area (Å²) >= 11 is 0. The van der Waals surface area contributed by atoms with Crippen molar-refractivity contribution in [2.24, 2.45) is 5.92 Å². The van der Waals surface area contributed by atoms with Crippen molar-refractivity contribution in [2.75, 3.05) is 26.2 Å². The molecule has 1 amide bonds. The largest absolute Gasteiger partial charge is 0.494 e. The van der Waals surface area contributed by atoms with Crippen LogP contribution in [0, 0.1) is 12.8 Å². The molecule has 0 spiro atoms. The van der Waals surface area contributed by atoms with E-state index < -0.39 is 10.0 Å². The molecule has 6 nitrogen and oxygen atoms in total. The Morgan fingerprint density at radius 1 is 1.40 bits per heavy atom. The number of aryl methyl sites for hydroxylation is 1. The van der Waals surface area contributed by atoms with Crippen LogP contribution in [-0.4, -0.2) is 44.9 Å². The first-order chi connectivity index (χ1) is 11.9. The molecule has 1 aromatic carbocycles. The molecule has 0 aromatic heterocycles. The monoisotopic (exact) mass is 366 g/mol. The van der Waals surface area contributed by atoms with Crippen molar-refractivity contribution in [1.82, 2.24) is 9.62 Å². The summed E-state index contributed by atoms with van der Waals surface area (Å²) in [5.41, 5.74) is 0.793. The summed E-state index contributed by atoms with van der Waals surface area (Å²) in [6, 6.07) is 4.92. The third-order valence-electron chi connectivity index (χ3n) is 4.33. The normalized spacial score (nSPS) is 16.4. The van der Waals surface area contributed by atoms with Crippen LogP contribution in [0.1, 0.15) is 25.3 Å². The Morgan fingerprint density at radius 2 is 2.08 bits per heavy atom. The zero-order valence-corrected chi connectivity index (χ0v) is 15.6. The Bertz CT molecular complexity index is 723. The lowest BCUT2D eigenvalue weighted by Crippen LogP contribution is -2.43. The Kier molecular flexibility index (Phi) is 6.61. The predicted molar refractivity (Wildman–Crippen MR) is 97.0 cm³/mol. The number of piperidine rings is 1. The highest BCUT2D eigenvalue weighted by atomic mass is 32.2. The van der Waals surface area contributed by atoms with Crippen molar-refractivity contribution in [2.45, 2.75) is 31.6 Å². The van der Waals surface area contributed by atoms with E-state index in [9.17, 15) is 13.2 Å². The van der Waals surface area contributed by atoms with Crippen molar-refractivity contribution in [1.29, 1.82) is 0 Å². The molecule has 0 unspecified atom stereocenters. The number of sulfonamides is 1. The number of ether oxygens (including phenoxy) is 1. The SMILES string of the molecule is C=CCNC(=O)C1CCN(S(=O)(=O)c2ccc(OCC)c(C)c2)CC1.